The Kier molecular flexibility index (Phi) is 4.55. The van der Waals surface area contributed by atoms with Crippen molar-refractivity contribution < 1.29 is 4.74 Å². The van der Waals surface area contributed by atoms with E-state index in [9.17, 15) is 0 Å². The van der Waals surface area contributed by atoms with E-state index < -0.39 is 0 Å². The van der Waals surface area contributed by atoms with Crippen molar-refractivity contribution in [3.05, 3.63) is 96.1 Å². The van der Waals surface area contributed by atoms with Crippen molar-refractivity contribution in [2.24, 2.45) is 0 Å². The van der Waals surface area contributed by atoms with Crippen LogP contribution >= 0.6 is 0 Å². The molecule has 0 saturated carbocycles. The fourth-order valence-corrected chi connectivity index (χ4v) is 3.48. The monoisotopic (exact) mass is 338 g/mol. The first kappa shape index (κ1) is 16.6. The predicted molar refractivity (Wildman–Crippen MR) is 110 cm³/mol. The molecule has 0 radical (unpaired) electrons. The lowest BCUT2D eigenvalue weighted by molar-refractivity contribution is 0.185. The van der Waals surface area contributed by atoms with Gasteiger partial charge in [-0.25, -0.2) is 0 Å². The Morgan fingerprint density at radius 3 is 1.62 bits per heavy atom. The molecule has 0 aliphatic rings. The third-order valence-electron chi connectivity index (χ3n) is 4.86. The molecule has 1 nitrogen and oxygen atoms in total. The van der Waals surface area contributed by atoms with Crippen molar-refractivity contribution in [3.63, 3.8) is 0 Å². The predicted octanol–water partition coefficient (Wildman–Crippen LogP) is 6.63. The van der Waals surface area contributed by atoms with Gasteiger partial charge in [-0.15, -0.1) is 0 Å². The highest BCUT2D eigenvalue weighted by atomic mass is 16.5. The number of hydrogen-bond acceptors (Lipinski definition) is 1. The first-order valence-corrected chi connectivity index (χ1v) is 8.93. The second-order valence-electron chi connectivity index (χ2n) is 6.70. The summed E-state index contributed by atoms with van der Waals surface area (Å²) in [6.45, 7) is 2.77. The molecule has 4 aromatic rings. The van der Waals surface area contributed by atoms with Gasteiger partial charge in [-0.05, 0) is 45.5 Å². The summed E-state index contributed by atoms with van der Waals surface area (Å²) in [5.74, 6) is 0. The van der Waals surface area contributed by atoms with E-state index in [4.69, 9.17) is 4.74 Å². The lowest BCUT2D eigenvalue weighted by Gasteiger charge is -2.13. The number of rotatable bonds is 4. The summed E-state index contributed by atoms with van der Waals surface area (Å²) >= 11 is 0. The molecule has 0 bridgehead atoms. The molecule has 0 amide bonds. The van der Waals surface area contributed by atoms with Crippen molar-refractivity contribution in [1.29, 1.82) is 0 Å². The minimum atomic E-state index is 0.646. The number of aryl methyl sites for hydroxylation is 1. The maximum Gasteiger partial charge on any atom is 0.0713 e. The van der Waals surface area contributed by atoms with Crippen LogP contribution in [0.15, 0.2) is 84.9 Å². The summed E-state index contributed by atoms with van der Waals surface area (Å²) in [4.78, 5) is 0. The number of hydrogen-bond donors (Lipinski definition) is 0. The van der Waals surface area contributed by atoms with Crippen LogP contribution in [0, 0.1) is 6.92 Å². The zero-order valence-electron chi connectivity index (χ0n) is 15.2. The van der Waals surface area contributed by atoms with Crippen LogP contribution < -0.4 is 0 Å². The molecule has 0 aromatic heterocycles. The second kappa shape index (κ2) is 7.15. The quantitative estimate of drug-likeness (QED) is 0.406. The van der Waals surface area contributed by atoms with Crippen LogP contribution in [0.5, 0.6) is 0 Å². The van der Waals surface area contributed by atoms with Crippen LogP contribution in [0.1, 0.15) is 11.1 Å². The first-order chi connectivity index (χ1) is 12.8. The molecule has 0 unspecified atom stereocenters. The molecule has 0 N–H and O–H groups in total. The number of methoxy groups -OCH3 is 1. The normalized spacial score (nSPS) is 11.0. The fourth-order valence-electron chi connectivity index (χ4n) is 3.48. The van der Waals surface area contributed by atoms with Crippen LogP contribution in [0.3, 0.4) is 0 Å². The largest absolute Gasteiger partial charge is 0.380 e. The molecule has 0 atom stereocenters. The first-order valence-electron chi connectivity index (χ1n) is 8.93. The maximum absolute atomic E-state index is 5.22. The molecule has 0 heterocycles. The molecule has 4 rings (SSSR count). The third kappa shape index (κ3) is 3.14. The maximum atomic E-state index is 5.22. The smallest absolute Gasteiger partial charge is 0.0713 e. The Hall–Kier alpha value is -2.90. The van der Waals surface area contributed by atoms with E-state index in [0.29, 0.717) is 6.61 Å². The zero-order valence-corrected chi connectivity index (χ0v) is 15.2. The van der Waals surface area contributed by atoms with Crippen molar-refractivity contribution >= 4 is 10.8 Å². The summed E-state index contributed by atoms with van der Waals surface area (Å²) in [6.07, 6.45) is 0. The summed E-state index contributed by atoms with van der Waals surface area (Å²) < 4.78 is 5.22. The van der Waals surface area contributed by atoms with E-state index in [1.165, 1.54) is 44.2 Å². The van der Waals surface area contributed by atoms with Crippen LogP contribution in [-0.2, 0) is 11.3 Å². The lowest BCUT2D eigenvalue weighted by Crippen LogP contribution is -1.89. The van der Waals surface area contributed by atoms with Gasteiger partial charge in [-0.2, -0.15) is 0 Å². The Morgan fingerprint density at radius 1 is 0.615 bits per heavy atom. The Bertz CT molecular complexity index is 1030. The molecule has 0 aliphatic carbocycles. The van der Waals surface area contributed by atoms with E-state index >= 15 is 0 Å². The third-order valence-corrected chi connectivity index (χ3v) is 4.86. The molecule has 0 spiro atoms. The molecule has 0 aliphatic heterocycles. The molecule has 4 aromatic carbocycles. The van der Waals surface area contributed by atoms with Gasteiger partial charge in [0.1, 0.15) is 0 Å². The summed E-state index contributed by atoms with van der Waals surface area (Å²) in [5.41, 5.74) is 7.51. The lowest BCUT2D eigenvalue weighted by atomic mass is 9.91. The van der Waals surface area contributed by atoms with Gasteiger partial charge < -0.3 is 4.74 Å². The Labute approximate surface area is 154 Å². The van der Waals surface area contributed by atoms with E-state index in [-0.39, 0.29) is 0 Å². The van der Waals surface area contributed by atoms with Gasteiger partial charge in [0.2, 0.25) is 0 Å². The van der Waals surface area contributed by atoms with Gasteiger partial charge in [0.15, 0.2) is 0 Å². The molecule has 128 valence electrons. The Morgan fingerprint density at radius 2 is 1.12 bits per heavy atom. The summed E-state index contributed by atoms with van der Waals surface area (Å²) in [7, 11) is 1.73. The van der Waals surface area contributed by atoms with Gasteiger partial charge in [0, 0.05) is 7.11 Å². The van der Waals surface area contributed by atoms with E-state index in [0.717, 1.165) is 0 Å². The van der Waals surface area contributed by atoms with E-state index in [2.05, 4.69) is 91.9 Å². The summed E-state index contributed by atoms with van der Waals surface area (Å²) in [6, 6.07) is 30.5. The van der Waals surface area contributed by atoms with Gasteiger partial charge in [0.05, 0.1) is 6.61 Å². The highest BCUT2D eigenvalue weighted by molar-refractivity contribution is 6.04. The highest BCUT2D eigenvalue weighted by Crippen LogP contribution is 2.35. The van der Waals surface area contributed by atoms with Crippen LogP contribution in [0.25, 0.3) is 33.0 Å². The Balaban J connectivity index is 1.85. The zero-order chi connectivity index (χ0) is 17.9. The number of fused-ring (bicyclic) bond motifs is 1. The van der Waals surface area contributed by atoms with Crippen molar-refractivity contribution in [2.75, 3.05) is 7.11 Å². The molecule has 1 heteroatoms. The summed E-state index contributed by atoms with van der Waals surface area (Å²) in [5, 5.41) is 2.57. The number of benzene rings is 4. The second-order valence-corrected chi connectivity index (χ2v) is 6.70. The van der Waals surface area contributed by atoms with Crippen molar-refractivity contribution in [3.8, 4) is 22.3 Å². The SMILES string of the molecule is COCc1ccc(-c2ccc(-c3ccc(C)cc3)c3ccccc23)cc1. The highest BCUT2D eigenvalue weighted by Gasteiger charge is 2.09. The van der Waals surface area contributed by atoms with Crippen LogP contribution in [0.2, 0.25) is 0 Å². The average molecular weight is 338 g/mol. The molecular formula is C25H22O. The molecule has 26 heavy (non-hydrogen) atoms. The van der Waals surface area contributed by atoms with Gasteiger partial charge >= 0.3 is 0 Å². The van der Waals surface area contributed by atoms with Gasteiger partial charge in [-0.1, -0.05) is 90.5 Å². The van der Waals surface area contributed by atoms with E-state index in [1.807, 2.05) is 0 Å². The van der Waals surface area contributed by atoms with Crippen molar-refractivity contribution in [1.82, 2.24) is 0 Å². The topological polar surface area (TPSA) is 9.23 Å². The molecule has 0 saturated heterocycles. The molecule has 0 fully saturated rings. The fraction of sp³-hybridized carbons (Fsp3) is 0.120. The van der Waals surface area contributed by atoms with E-state index in [1.54, 1.807) is 7.11 Å². The van der Waals surface area contributed by atoms with Crippen LogP contribution in [0.4, 0.5) is 0 Å². The minimum Gasteiger partial charge on any atom is -0.380 e. The molecular weight excluding hydrogens is 316 g/mol. The van der Waals surface area contributed by atoms with Gasteiger partial charge in [0.25, 0.3) is 0 Å². The average Bonchev–Trinajstić information content (AvgIpc) is 2.69. The standard InChI is InChI=1S/C25H22O/c1-18-7-11-20(12-8-18)22-15-16-23(25-6-4-3-5-24(22)25)21-13-9-19(10-14-21)17-26-2/h3-16H,17H2,1-2H3. The number of ether oxygens (including phenoxy) is 1. The van der Waals surface area contributed by atoms with Crippen LogP contribution in [-0.4, -0.2) is 7.11 Å². The minimum absolute atomic E-state index is 0.646. The van der Waals surface area contributed by atoms with Gasteiger partial charge in [-0.3, -0.25) is 0 Å². The van der Waals surface area contributed by atoms with Crippen molar-refractivity contribution in [2.45, 2.75) is 13.5 Å².